The zero-order valence-corrected chi connectivity index (χ0v) is 24.1. The van der Waals surface area contributed by atoms with Gasteiger partial charge < -0.3 is 5.32 Å². The molecular formula is C37H39N. The standard InChI is InChI=1S/C37H39N/c1-35(2,3)25-20-31-30-18-16-27(22-32(30)37(7,8)34(31)33(21-25)36(4,5)6)38-26-15-17-29-24(19-26)14-13-23-11-9-10-12-28(23)29/h9-22,38H,1-8H3. The average Bonchev–Trinajstić information content (AvgIpc) is 3.08. The molecule has 192 valence electrons. The van der Waals surface area contributed by atoms with E-state index in [1.54, 1.807) is 0 Å². The molecule has 5 aromatic rings. The van der Waals surface area contributed by atoms with Crippen molar-refractivity contribution in [2.75, 3.05) is 5.32 Å². The number of nitrogens with one attached hydrogen (secondary N) is 1. The van der Waals surface area contributed by atoms with Crippen LogP contribution in [0.5, 0.6) is 0 Å². The van der Waals surface area contributed by atoms with Crippen LogP contribution < -0.4 is 5.32 Å². The van der Waals surface area contributed by atoms with E-state index in [2.05, 4.69) is 146 Å². The highest BCUT2D eigenvalue weighted by Crippen LogP contribution is 2.54. The minimum atomic E-state index is -0.0658. The lowest BCUT2D eigenvalue weighted by Crippen LogP contribution is -2.24. The third-order valence-corrected chi connectivity index (χ3v) is 8.45. The van der Waals surface area contributed by atoms with Gasteiger partial charge in [0.25, 0.3) is 0 Å². The summed E-state index contributed by atoms with van der Waals surface area (Å²) in [4.78, 5) is 0. The van der Waals surface area contributed by atoms with Gasteiger partial charge in [0.1, 0.15) is 0 Å². The molecule has 0 heterocycles. The first kappa shape index (κ1) is 24.7. The van der Waals surface area contributed by atoms with Crippen molar-refractivity contribution >= 4 is 32.9 Å². The van der Waals surface area contributed by atoms with E-state index in [1.807, 2.05) is 0 Å². The van der Waals surface area contributed by atoms with Crippen molar-refractivity contribution in [1.29, 1.82) is 0 Å². The lowest BCUT2D eigenvalue weighted by molar-refractivity contribution is 0.545. The summed E-state index contributed by atoms with van der Waals surface area (Å²) < 4.78 is 0. The van der Waals surface area contributed by atoms with Crippen LogP contribution in [-0.2, 0) is 16.2 Å². The van der Waals surface area contributed by atoms with Crippen LogP contribution in [0.25, 0.3) is 32.7 Å². The van der Waals surface area contributed by atoms with Gasteiger partial charge in [-0.25, -0.2) is 0 Å². The van der Waals surface area contributed by atoms with Crippen molar-refractivity contribution in [3.05, 3.63) is 107 Å². The van der Waals surface area contributed by atoms with Crippen LogP contribution in [0.3, 0.4) is 0 Å². The van der Waals surface area contributed by atoms with Crippen LogP contribution in [0, 0.1) is 0 Å². The monoisotopic (exact) mass is 497 g/mol. The predicted molar refractivity (Wildman–Crippen MR) is 166 cm³/mol. The molecule has 0 atom stereocenters. The Morgan fingerprint density at radius 2 is 1.24 bits per heavy atom. The third-order valence-electron chi connectivity index (χ3n) is 8.45. The first-order valence-corrected chi connectivity index (χ1v) is 13.9. The fraction of sp³-hybridized carbons (Fsp3) is 0.297. The molecule has 1 nitrogen and oxygen atoms in total. The highest BCUT2D eigenvalue weighted by atomic mass is 14.9. The predicted octanol–water partition coefficient (Wildman–Crippen LogP) is 10.6. The van der Waals surface area contributed by atoms with Crippen LogP contribution in [0.15, 0.2) is 84.9 Å². The Morgan fingerprint density at radius 3 is 1.97 bits per heavy atom. The topological polar surface area (TPSA) is 12.0 Å². The van der Waals surface area contributed by atoms with E-state index >= 15 is 0 Å². The van der Waals surface area contributed by atoms with E-state index in [0.29, 0.717) is 0 Å². The fourth-order valence-corrected chi connectivity index (χ4v) is 6.32. The molecule has 6 rings (SSSR count). The Kier molecular flexibility index (Phi) is 5.34. The number of fused-ring (bicyclic) bond motifs is 6. The van der Waals surface area contributed by atoms with Crippen LogP contribution >= 0.6 is 0 Å². The number of benzene rings is 5. The van der Waals surface area contributed by atoms with Gasteiger partial charge in [-0.05, 0) is 90.0 Å². The molecule has 0 bridgehead atoms. The van der Waals surface area contributed by atoms with Crippen LogP contribution in [-0.4, -0.2) is 0 Å². The van der Waals surface area contributed by atoms with E-state index in [9.17, 15) is 0 Å². The molecular weight excluding hydrogens is 458 g/mol. The first-order valence-electron chi connectivity index (χ1n) is 13.9. The summed E-state index contributed by atoms with van der Waals surface area (Å²) in [5.74, 6) is 0. The summed E-state index contributed by atoms with van der Waals surface area (Å²) in [5, 5.41) is 8.86. The molecule has 0 aromatic heterocycles. The Bertz CT molecular complexity index is 1720. The average molecular weight is 498 g/mol. The Balaban J connectivity index is 1.43. The van der Waals surface area contributed by atoms with Crippen molar-refractivity contribution in [2.24, 2.45) is 0 Å². The van der Waals surface area contributed by atoms with Gasteiger partial charge in [0, 0.05) is 16.8 Å². The van der Waals surface area contributed by atoms with Crippen molar-refractivity contribution in [2.45, 2.75) is 71.6 Å². The van der Waals surface area contributed by atoms with Gasteiger partial charge in [0.05, 0.1) is 0 Å². The molecule has 0 unspecified atom stereocenters. The molecule has 0 radical (unpaired) electrons. The molecule has 1 aliphatic carbocycles. The van der Waals surface area contributed by atoms with Gasteiger partial charge in [-0.15, -0.1) is 0 Å². The zero-order chi connectivity index (χ0) is 27.0. The van der Waals surface area contributed by atoms with Gasteiger partial charge in [-0.2, -0.15) is 0 Å². The Labute approximate surface area is 227 Å². The van der Waals surface area contributed by atoms with E-state index in [4.69, 9.17) is 0 Å². The van der Waals surface area contributed by atoms with Gasteiger partial charge in [0.15, 0.2) is 0 Å². The second-order valence-corrected chi connectivity index (χ2v) is 13.7. The normalized spacial score (nSPS) is 14.5. The van der Waals surface area contributed by atoms with Crippen molar-refractivity contribution < 1.29 is 0 Å². The summed E-state index contributed by atoms with van der Waals surface area (Å²) in [6, 6.07) is 31.7. The number of rotatable bonds is 2. The molecule has 0 fully saturated rings. The maximum atomic E-state index is 3.72. The lowest BCUT2D eigenvalue weighted by Gasteiger charge is -2.32. The minimum Gasteiger partial charge on any atom is -0.355 e. The molecule has 0 amide bonds. The molecule has 0 saturated carbocycles. The summed E-state index contributed by atoms with van der Waals surface area (Å²) in [7, 11) is 0. The first-order chi connectivity index (χ1) is 17.8. The van der Waals surface area contributed by atoms with E-state index in [-0.39, 0.29) is 16.2 Å². The fourth-order valence-electron chi connectivity index (χ4n) is 6.32. The summed E-state index contributed by atoms with van der Waals surface area (Å²) in [6.07, 6.45) is 0. The Morgan fingerprint density at radius 1 is 0.579 bits per heavy atom. The second kappa shape index (κ2) is 8.21. The molecule has 0 aliphatic heterocycles. The molecule has 1 aliphatic rings. The number of anilines is 2. The van der Waals surface area contributed by atoms with Crippen molar-refractivity contribution in [3.63, 3.8) is 0 Å². The smallest absolute Gasteiger partial charge is 0.0390 e. The minimum absolute atomic E-state index is 0.0658. The zero-order valence-electron chi connectivity index (χ0n) is 24.1. The van der Waals surface area contributed by atoms with Gasteiger partial charge in [-0.3, -0.25) is 0 Å². The molecule has 1 heteroatoms. The highest BCUT2D eigenvalue weighted by molar-refractivity contribution is 6.08. The molecule has 0 saturated heterocycles. The largest absolute Gasteiger partial charge is 0.355 e. The maximum absolute atomic E-state index is 3.72. The molecule has 1 N–H and O–H groups in total. The lowest BCUT2D eigenvalue weighted by atomic mass is 9.71. The number of hydrogen-bond acceptors (Lipinski definition) is 1. The van der Waals surface area contributed by atoms with Gasteiger partial charge >= 0.3 is 0 Å². The van der Waals surface area contributed by atoms with Gasteiger partial charge in [-0.1, -0.05) is 116 Å². The van der Waals surface area contributed by atoms with Gasteiger partial charge in [0.2, 0.25) is 0 Å². The van der Waals surface area contributed by atoms with E-state index in [1.165, 1.54) is 54.9 Å². The van der Waals surface area contributed by atoms with Crippen LogP contribution in [0.4, 0.5) is 11.4 Å². The van der Waals surface area contributed by atoms with E-state index in [0.717, 1.165) is 11.4 Å². The molecule has 0 spiro atoms. The van der Waals surface area contributed by atoms with Crippen molar-refractivity contribution in [3.8, 4) is 11.1 Å². The third kappa shape index (κ3) is 3.91. The van der Waals surface area contributed by atoms with Crippen LogP contribution in [0.2, 0.25) is 0 Å². The molecule has 5 aromatic carbocycles. The van der Waals surface area contributed by atoms with Crippen molar-refractivity contribution in [1.82, 2.24) is 0 Å². The second-order valence-electron chi connectivity index (χ2n) is 13.7. The number of hydrogen-bond donors (Lipinski definition) is 1. The maximum Gasteiger partial charge on any atom is 0.0390 e. The quantitative estimate of drug-likeness (QED) is 0.239. The molecule has 38 heavy (non-hydrogen) atoms. The summed E-state index contributed by atoms with van der Waals surface area (Å²) >= 11 is 0. The van der Waals surface area contributed by atoms with Crippen LogP contribution in [0.1, 0.15) is 77.6 Å². The SMILES string of the molecule is CC(C)(C)c1cc2c(c(C(C)(C)C)c1)C(C)(C)c1cc(Nc3ccc4c(ccc5ccccc54)c3)ccc1-2. The highest BCUT2D eigenvalue weighted by Gasteiger charge is 2.40. The van der Waals surface area contributed by atoms with E-state index < -0.39 is 0 Å². The summed E-state index contributed by atoms with van der Waals surface area (Å²) in [5.41, 5.74) is 10.9. The summed E-state index contributed by atoms with van der Waals surface area (Å²) in [6.45, 7) is 18.8. The Hall–Kier alpha value is -3.58.